The number of hydrogen-bond acceptors (Lipinski definition) is 3. The standard InChI is InChI=1S/C16H24N2O2/c1-16(12-19,14-5-3-2-4-6-14)18-15(20)11-13-7-9-17-10-8-13/h7-10,14,19H,2-6,11-12H2,1H3,(H,18,20)/t16-/m1/s1. The zero-order valence-electron chi connectivity index (χ0n) is 12.1. The van der Waals surface area contributed by atoms with E-state index in [0.717, 1.165) is 18.4 Å². The van der Waals surface area contributed by atoms with Crippen molar-refractivity contribution < 1.29 is 9.90 Å². The topological polar surface area (TPSA) is 62.2 Å². The van der Waals surface area contributed by atoms with Gasteiger partial charge in [0.15, 0.2) is 0 Å². The Kier molecular flexibility index (Phi) is 5.12. The molecular formula is C16H24N2O2. The number of carbonyl (C=O) groups is 1. The highest BCUT2D eigenvalue weighted by molar-refractivity contribution is 5.79. The lowest BCUT2D eigenvalue weighted by atomic mass is 9.76. The number of nitrogens with one attached hydrogen (secondary N) is 1. The number of pyridine rings is 1. The van der Waals surface area contributed by atoms with Gasteiger partial charge in [0.1, 0.15) is 0 Å². The van der Waals surface area contributed by atoms with Gasteiger partial charge < -0.3 is 10.4 Å². The van der Waals surface area contributed by atoms with Crippen LogP contribution in [0.3, 0.4) is 0 Å². The number of rotatable bonds is 5. The van der Waals surface area contributed by atoms with Gasteiger partial charge in [-0.1, -0.05) is 19.3 Å². The second kappa shape index (κ2) is 6.84. The van der Waals surface area contributed by atoms with Crippen molar-refractivity contribution in [2.75, 3.05) is 6.61 Å². The predicted octanol–water partition coefficient (Wildman–Crippen LogP) is 2.07. The molecule has 2 rings (SSSR count). The molecule has 0 unspecified atom stereocenters. The van der Waals surface area contributed by atoms with Gasteiger partial charge in [0.25, 0.3) is 0 Å². The van der Waals surface area contributed by atoms with Crippen LogP contribution in [0, 0.1) is 5.92 Å². The lowest BCUT2D eigenvalue weighted by Gasteiger charge is -2.39. The number of hydrogen-bond donors (Lipinski definition) is 2. The Morgan fingerprint density at radius 3 is 2.60 bits per heavy atom. The van der Waals surface area contributed by atoms with E-state index in [1.807, 2.05) is 19.1 Å². The molecular weight excluding hydrogens is 252 g/mol. The molecule has 20 heavy (non-hydrogen) atoms. The van der Waals surface area contributed by atoms with Gasteiger partial charge in [0, 0.05) is 12.4 Å². The molecule has 4 nitrogen and oxygen atoms in total. The highest BCUT2D eigenvalue weighted by Crippen LogP contribution is 2.32. The lowest BCUT2D eigenvalue weighted by Crippen LogP contribution is -2.55. The van der Waals surface area contributed by atoms with Gasteiger partial charge in [-0.05, 0) is 43.4 Å². The normalized spacial score (nSPS) is 19.3. The number of amides is 1. The summed E-state index contributed by atoms with van der Waals surface area (Å²) in [6.07, 6.45) is 9.55. The van der Waals surface area contributed by atoms with Crippen molar-refractivity contribution in [2.24, 2.45) is 5.92 Å². The van der Waals surface area contributed by atoms with Crippen molar-refractivity contribution >= 4 is 5.91 Å². The smallest absolute Gasteiger partial charge is 0.224 e. The van der Waals surface area contributed by atoms with Crippen molar-refractivity contribution in [1.29, 1.82) is 0 Å². The summed E-state index contributed by atoms with van der Waals surface area (Å²) in [5.41, 5.74) is 0.450. The Bertz CT molecular complexity index is 429. The predicted molar refractivity (Wildman–Crippen MR) is 78.1 cm³/mol. The number of aromatic nitrogens is 1. The summed E-state index contributed by atoms with van der Waals surface area (Å²) in [6.45, 7) is 1.97. The maximum Gasteiger partial charge on any atom is 0.224 e. The SMILES string of the molecule is C[C@](CO)(NC(=O)Cc1ccncc1)C1CCCCC1. The Morgan fingerprint density at radius 2 is 2.00 bits per heavy atom. The number of aliphatic hydroxyl groups excluding tert-OH is 1. The number of nitrogens with zero attached hydrogens (tertiary/aromatic N) is 1. The Balaban J connectivity index is 1.96. The minimum Gasteiger partial charge on any atom is -0.394 e. The van der Waals surface area contributed by atoms with E-state index < -0.39 is 5.54 Å². The maximum absolute atomic E-state index is 12.2. The molecule has 1 atom stereocenters. The molecule has 1 aromatic rings. The fraction of sp³-hybridized carbons (Fsp3) is 0.625. The quantitative estimate of drug-likeness (QED) is 0.865. The van der Waals surface area contributed by atoms with E-state index in [9.17, 15) is 9.90 Å². The molecule has 1 aliphatic rings. The maximum atomic E-state index is 12.2. The largest absolute Gasteiger partial charge is 0.394 e. The van der Waals surface area contributed by atoms with E-state index in [1.165, 1.54) is 19.3 Å². The van der Waals surface area contributed by atoms with Crippen molar-refractivity contribution in [2.45, 2.75) is 51.0 Å². The molecule has 0 saturated heterocycles. The van der Waals surface area contributed by atoms with Crippen molar-refractivity contribution in [3.63, 3.8) is 0 Å². The molecule has 1 heterocycles. The molecule has 0 spiro atoms. The molecule has 0 aromatic carbocycles. The van der Waals surface area contributed by atoms with Crippen LogP contribution in [0.1, 0.15) is 44.6 Å². The summed E-state index contributed by atoms with van der Waals surface area (Å²) in [5, 5.41) is 12.8. The number of carbonyl (C=O) groups excluding carboxylic acids is 1. The summed E-state index contributed by atoms with van der Waals surface area (Å²) in [4.78, 5) is 16.1. The van der Waals surface area contributed by atoms with Crippen LogP contribution in [0.15, 0.2) is 24.5 Å². The van der Waals surface area contributed by atoms with Crippen LogP contribution >= 0.6 is 0 Å². The van der Waals surface area contributed by atoms with E-state index in [-0.39, 0.29) is 12.5 Å². The molecule has 0 aliphatic heterocycles. The minimum atomic E-state index is -0.496. The van der Waals surface area contributed by atoms with Crippen LogP contribution in [0.4, 0.5) is 0 Å². The summed E-state index contributed by atoms with van der Waals surface area (Å²) < 4.78 is 0. The van der Waals surface area contributed by atoms with E-state index in [4.69, 9.17) is 0 Å². The minimum absolute atomic E-state index is 0.000246. The average molecular weight is 276 g/mol. The van der Waals surface area contributed by atoms with Gasteiger partial charge in [0.05, 0.1) is 18.6 Å². The molecule has 1 saturated carbocycles. The molecule has 110 valence electrons. The van der Waals surface area contributed by atoms with Crippen LogP contribution in [0.2, 0.25) is 0 Å². The summed E-state index contributed by atoms with van der Waals surface area (Å²) in [5.74, 6) is 0.348. The van der Waals surface area contributed by atoms with Crippen LogP contribution in [0.5, 0.6) is 0 Å². The van der Waals surface area contributed by atoms with Gasteiger partial charge in [-0.25, -0.2) is 0 Å². The van der Waals surface area contributed by atoms with Crippen molar-refractivity contribution in [3.05, 3.63) is 30.1 Å². The highest BCUT2D eigenvalue weighted by Gasteiger charge is 2.35. The first-order valence-electron chi connectivity index (χ1n) is 7.45. The first-order valence-corrected chi connectivity index (χ1v) is 7.45. The third kappa shape index (κ3) is 3.79. The molecule has 1 amide bonds. The zero-order valence-corrected chi connectivity index (χ0v) is 12.1. The van der Waals surface area contributed by atoms with E-state index in [1.54, 1.807) is 12.4 Å². The fourth-order valence-corrected chi connectivity index (χ4v) is 3.06. The third-order valence-electron chi connectivity index (χ3n) is 4.37. The van der Waals surface area contributed by atoms with Crippen LogP contribution in [-0.2, 0) is 11.2 Å². The second-order valence-electron chi connectivity index (χ2n) is 5.99. The summed E-state index contributed by atoms with van der Waals surface area (Å²) in [6, 6.07) is 3.69. The summed E-state index contributed by atoms with van der Waals surface area (Å²) in [7, 11) is 0. The van der Waals surface area contributed by atoms with Gasteiger partial charge in [-0.3, -0.25) is 9.78 Å². The second-order valence-corrected chi connectivity index (χ2v) is 5.99. The molecule has 4 heteroatoms. The van der Waals surface area contributed by atoms with E-state index in [2.05, 4.69) is 10.3 Å². The lowest BCUT2D eigenvalue weighted by molar-refractivity contribution is -0.123. The monoisotopic (exact) mass is 276 g/mol. The Hall–Kier alpha value is -1.42. The Morgan fingerprint density at radius 1 is 1.35 bits per heavy atom. The number of aliphatic hydroxyl groups is 1. The average Bonchev–Trinajstić information content (AvgIpc) is 2.49. The molecule has 0 bridgehead atoms. The highest BCUT2D eigenvalue weighted by atomic mass is 16.3. The zero-order chi connectivity index (χ0) is 14.4. The van der Waals surface area contributed by atoms with Gasteiger partial charge in [0.2, 0.25) is 5.91 Å². The molecule has 1 fully saturated rings. The van der Waals surface area contributed by atoms with Crippen LogP contribution in [0.25, 0.3) is 0 Å². The van der Waals surface area contributed by atoms with Gasteiger partial charge in [-0.2, -0.15) is 0 Å². The summed E-state index contributed by atoms with van der Waals surface area (Å²) >= 11 is 0. The molecule has 1 aromatic heterocycles. The van der Waals surface area contributed by atoms with Crippen LogP contribution in [-0.4, -0.2) is 28.1 Å². The van der Waals surface area contributed by atoms with Crippen molar-refractivity contribution in [1.82, 2.24) is 10.3 Å². The van der Waals surface area contributed by atoms with Crippen molar-refractivity contribution in [3.8, 4) is 0 Å². The first kappa shape index (κ1) is 15.0. The fourth-order valence-electron chi connectivity index (χ4n) is 3.06. The molecule has 2 N–H and O–H groups in total. The third-order valence-corrected chi connectivity index (χ3v) is 4.37. The van der Waals surface area contributed by atoms with E-state index >= 15 is 0 Å². The van der Waals surface area contributed by atoms with Crippen LogP contribution < -0.4 is 5.32 Å². The molecule has 0 radical (unpaired) electrons. The van der Waals surface area contributed by atoms with Gasteiger partial charge >= 0.3 is 0 Å². The first-order chi connectivity index (χ1) is 9.64. The van der Waals surface area contributed by atoms with Gasteiger partial charge in [-0.15, -0.1) is 0 Å². The molecule has 1 aliphatic carbocycles. The van der Waals surface area contributed by atoms with E-state index in [0.29, 0.717) is 12.3 Å². The Labute approximate surface area is 120 Å².